The Morgan fingerprint density at radius 1 is 1.38 bits per heavy atom. The highest BCUT2D eigenvalue weighted by atomic mass is 16.5. The van der Waals surface area contributed by atoms with Gasteiger partial charge in [0.05, 0.1) is 0 Å². The Hall–Kier alpha value is -1.71. The van der Waals surface area contributed by atoms with Gasteiger partial charge in [0.1, 0.15) is 17.1 Å². The number of unbranched alkanes of at least 4 members (excludes halogenated alkanes) is 1. The summed E-state index contributed by atoms with van der Waals surface area (Å²) in [7, 11) is 0. The van der Waals surface area contributed by atoms with E-state index in [4.69, 9.17) is 4.74 Å². The summed E-state index contributed by atoms with van der Waals surface area (Å²) in [6.07, 6.45) is 4.54. The quantitative estimate of drug-likeness (QED) is 0.705. The van der Waals surface area contributed by atoms with Crippen molar-refractivity contribution < 1.29 is 19.7 Å². The van der Waals surface area contributed by atoms with Crippen LogP contribution in [-0.4, -0.2) is 16.2 Å². The van der Waals surface area contributed by atoms with Gasteiger partial charge in [-0.2, -0.15) is 0 Å². The molecule has 0 fully saturated rings. The first-order valence-electron chi connectivity index (χ1n) is 5.42. The van der Waals surface area contributed by atoms with Crippen LogP contribution < -0.4 is 0 Å². The molecule has 4 nitrogen and oxygen atoms in total. The number of aliphatic hydroxyl groups is 2. The molecule has 0 spiro atoms. The molecule has 0 saturated carbocycles. The second kappa shape index (κ2) is 4.04. The first kappa shape index (κ1) is 10.8. The van der Waals surface area contributed by atoms with Gasteiger partial charge in [0, 0.05) is 12.0 Å². The van der Waals surface area contributed by atoms with Crippen LogP contribution in [0.2, 0.25) is 0 Å². The monoisotopic (exact) mass is 222 g/mol. The lowest BCUT2D eigenvalue weighted by Gasteiger charge is -2.11. The minimum Gasteiger partial charge on any atom is -0.508 e. The molecule has 0 amide bonds. The lowest BCUT2D eigenvalue weighted by atomic mass is 9.95. The van der Waals surface area contributed by atoms with Crippen molar-refractivity contribution in [1.82, 2.24) is 0 Å². The smallest absolute Gasteiger partial charge is 0.347 e. The molecule has 1 aliphatic carbocycles. The average molecular weight is 222 g/mol. The SMILES string of the molecule is CCC/C=C1/OC(=O)C2=C1CCC(O)=C2O. The molecule has 0 atom stereocenters. The molecule has 1 heterocycles. The maximum absolute atomic E-state index is 11.5. The molecule has 16 heavy (non-hydrogen) atoms. The third-order valence-corrected chi connectivity index (χ3v) is 2.75. The van der Waals surface area contributed by atoms with E-state index in [2.05, 4.69) is 0 Å². The maximum atomic E-state index is 11.5. The molecule has 2 N–H and O–H groups in total. The Balaban J connectivity index is 2.40. The summed E-state index contributed by atoms with van der Waals surface area (Å²) in [6, 6.07) is 0. The van der Waals surface area contributed by atoms with E-state index in [0.29, 0.717) is 24.2 Å². The molecule has 0 aromatic heterocycles. The Kier molecular flexibility index (Phi) is 2.73. The number of hydrogen-bond donors (Lipinski definition) is 2. The van der Waals surface area contributed by atoms with Gasteiger partial charge in [-0.05, 0) is 18.9 Å². The van der Waals surface area contributed by atoms with Gasteiger partial charge in [-0.25, -0.2) is 4.79 Å². The van der Waals surface area contributed by atoms with Crippen molar-refractivity contribution in [2.45, 2.75) is 32.6 Å². The number of rotatable bonds is 2. The van der Waals surface area contributed by atoms with Crippen LogP contribution in [0.15, 0.2) is 34.5 Å². The lowest BCUT2D eigenvalue weighted by molar-refractivity contribution is -0.133. The Bertz CT molecular complexity index is 426. The van der Waals surface area contributed by atoms with E-state index >= 15 is 0 Å². The third kappa shape index (κ3) is 1.60. The summed E-state index contributed by atoms with van der Waals surface area (Å²) >= 11 is 0. The molecular formula is C12H14O4. The largest absolute Gasteiger partial charge is 0.508 e. The predicted octanol–water partition coefficient (Wildman–Crippen LogP) is 2.65. The second-order valence-electron chi connectivity index (χ2n) is 3.90. The van der Waals surface area contributed by atoms with Gasteiger partial charge in [-0.1, -0.05) is 13.3 Å². The minimum absolute atomic E-state index is 0.131. The summed E-state index contributed by atoms with van der Waals surface area (Å²) in [4.78, 5) is 11.5. The number of esters is 1. The Labute approximate surface area is 93.5 Å². The highest BCUT2D eigenvalue weighted by molar-refractivity contribution is 5.98. The van der Waals surface area contributed by atoms with Crippen molar-refractivity contribution >= 4 is 5.97 Å². The molecule has 0 aromatic carbocycles. The standard InChI is InChI=1S/C12H14O4/c1-2-3-4-9-7-5-6-8(13)11(14)10(7)12(15)16-9/h4,13-14H,2-3,5-6H2,1H3/b9-4+. The van der Waals surface area contributed by atoms with Crippen LogP contribution in [0.3, 0.4) is 0 Å². The van der Waals surface area contributed by atoms with E-state index in [1.54, 1.807) is 0 Å². The molecule has 2 aliphatic rings. The molecule has 0 bridgehead atoms. The summed E-state index contributed by atoms with van der Waals surface area (Å²) in [5.74, 6) is -0.486. The highest BCUT2D eigenvalue weighted by Crippen LogP contribution is 2.38. The summed E-state index contributed by atoms with van der Waals surface area (Å²) in [5.41, 5.74) is 0.847. The van der Waals surface area contributed by atoms with Crippen LogP contribution in [0.1, 0.15) is 32.6 Å². The fourth-order valence-electron chi connectivity index (χ4n) is 1.89. The van der Waals surface area contributed by atoms with Gasteiger partial charge in [-0.15, -0.1) is 0 Å². The van der Waals surface area contributed by atoms with E-state index in [1.807, 2.05) is 13.0 Å². The fourth-order valence-corrected chi connectivity index (χ4v) is 1.89. The Morgan fingerprint density at radius 3 is 2.81 bits per heavy atom. The van der Waals surface area contributed by atoms with Crippen molar-refractivity contribution in [2.75, 3.05) is 0 Å². The molecule has 2 rings (SSSR count). The van der Waals surface area contributed by atoms with E-state index in [0.717, 1.165) is 12.8 Å². The minimum atomic E-state index is -0.568. The lowest BCUT2D eigenvalue weighted by Crippen LogP contribution is -2.07. The number of aliphatic hydroxyl groups excluding tert-OH is 2. The molecule has 86 valence electrons. The number of ether oxygens (including phenoxy) is 1. The van der Waals surface area contributed by atoms with Crippen LogP contribution in [-0.2, 0) is 9.53 Å². The van der Waals surface area contributed by atoms with Crippen molar-refractivity contribution in [2.24, 2.45) is 0 Å². The first-order chi connectivity index (χ1) is 7.65. The number of carbonyl (C=O) groups excluding carboxylic acids is 1. The molecule has 0 unspecified atom stereocenters. The molecular weight excluding hydrogens is 208 g/mol. The van der Waals surface area contributed by atoms with Gasteiger partial charge in [-0.3, -0.25) is 0 Å². The van der Waals surface area contributed by atoms with Crippen LogP contribution in [0, 0.1) is 0 Å². The molecule has 0 saturated heterocycles. The second-order valence-corrected chi connectivity index (χ2v) is 3.90. The third-order valence-electron chi connectivity index (χ3n) is 2.75. The van der Waals surface area contributed by atoms with E-state index < -0.39 is 5.97 Å². The number of carbonyl (C=O) groups is 1. The summed E-state index contributed by atoms with van der Waals surface area (Å²) < 4.78 is 5.07. The van der Waals surface area contributed by atoms with Gasteiger partial charge in [0.25, 0.3) is 0 Å². The fraction of sp³-hybridized carbons (Fsp3) is 0.417. The zero-order chi connectivity index (χ0) is 11.7. The van der Waals surface area contributed by atoms with Gasteiger partial charge in [0.15, 0.2) is 5.76 Å². The zero-order valence-electron chi connectivity index (χ0n) is 9.12. The topological polar surface area (TPSA) is 66.8 Å². The van der Waals surface area contributed by atoms with E-state index in [1.165, 1.54) is 0 Å². The van der Waals surface area contributed by atoms with Crippen molar-refractivity contribution in [3.05, 3.63) is 34.5 Å². The average Bonchev–Trinajstić information content (AvgIpc) is 2.58. The highest BCUT2D eigenvalue weighted by Gasteiger charge is 2.36. The summed E-state index contributed by atoms with van der Waals surface area (Å²) in [5, 5.41) is 19.0. The van der Waals surface area contributed by atoms with Gasteiger partial charge < -0.3 is 14.9 Å². The number of allylic oxidation sites excluding steroid dienone is 3. The van der Waals surface area contributed by atoms with Gasteiger partial charge in [0.2, 0.25) is 0 Å². The van der Waals surface area contributed by atoms with Crippen molar-refractivity contribution in [1.29, 1.82) is 0 Å². The van der Waals surface area contributed by atoms with Crippen molar-refractivity contribution in [3.63, 3.8) is 0 Å². The zero-order valence-corrected chi connectivity index (χ0v) is 9.12. The maximum Gasteiger partial charge on any atom is 0.347 e. The number of cyclic esters (lactones) is 1. The van der Waals surface area contributed by atoms with Crippen molar-refractivity contribution in [3.8, 4) is 0 Å². The molecule has 1 aliphatic heterocycles. The molecule has 0 aromatic rings. The summed E-state index contributed by atoms with van der Waals surface area (Å²) in [6.45, 7) is 2.03. The van der Waals surface area contributed by atoms with E-state index in [9.17, 15) is 15.0 Å². The number of hydrogen-bond acceptors (Lipinski definition) is 4. The molecule has 0 radical (unpaired) electrons. The Morgan fingerprint density at radius 2 is 2.12 bits per heavy atom. The van der Waals surface area contributed by atoms with Crippen LogP contribution >= 0.6 is 0 Å². The van der Waals surface area contributed by atoms with Gasteiger partial charge >= 0.3 is 5.97 Å². The van der Waals surface area contributed by atoms with Crippen LogP contribution in [0.25, 0.3) is 0 Å². The first-order valence-corrected chi connectivity index (χ1v) is 5.42. The normalized spacial score (nSPS) is 22.8. The van der Waals surface area contributed by atoms with E-state index in [-0.39, 0.29) is 17.1 Å². The molecule has 4 heteroatoms. The van der Waals surface area contributed by atoms with Crippen LogP contribution in [0.5, 0.6) is 0 Å². The van der Waals surface area contributed by atoms with Crippen LogP contribution in [0.4, 0.5) is 0 Å². The predicted molar refractivity (Wildman–Crippen MR) is 57.6 cm³/mol.